The lowest BCUT2D eigenvalue weighted by Crippen LogP contribution is -2.22. The standard InChI is InChI=1S/C13H20N4O/c1-18-13-5-4-11(8-15-13)12-9-17(10-16-12)7-3-2-6-14/h4-5,8,10,12H,2-3,6-7,9,14H2,1H3. The van der Waals surface area contributed by atoms with Crippen molar-refractivity contribution in [2.45, 2.75) is 18.9 Å². The predicted octanol–water partition coefficient (Wildman–Crippen LogP) is 1.21. The third-order valence-corrected chi connectivity index (χ3v) is 3.07. The van der Waals surface area contributed by atoms with Crippen molar-refractivity contribution in [3.8, 4) is 5.88 Å². The number of methoxy groups -OCH3 is 1. The number of unbranched alkanes of at least 4 members (excludes halogenated alkanes) is 1. The summed E-state index contributed by atoms with van der Waals surface area (Å²) in [6.07, 6.45) is 5.96. The van der Waals surface area contributed by atoms with Gasteiger partial charge in [0, 0.05) is 25.4 Å². The lowest BCUT2D eigenvalue weighted by molar-refractivity contribution is 0.396. The minimum Gasteiger partial charge on any atom is -0.481 e. The maximum atomic E-state index is 5.49. The first-order chi connectivity index (χ1) is 8.83. The fourth-order valence-electron chi connectivity index (χ4n) is 2.00. The monoisotopic (exact) mass is 248 g/mol. The van der Waals surface area contributed by atoms with Gasteiger partial charge in [0.2, 0.25) is 5.88 Å². The van der Waals surface area contributed by atoms with Crippen LogP contribution >= 0.6 is 0 Å². The Labute approximate surface area is 108 Å². The molecule has 1 aromatic rings. The molecule has 98 valence electrons. The van der Waals surface area contributed by atoms with Crippen molar-refractivity contribution in [1.82, 2.24) is 9.88 Å². The van der Waals surface area contributed by atoms with Crippen LogP contribution in [0.3, 0.4) is 0 Å². The van der Waals surface area contributed by atoms with Crippen LogP contribution in [0.2, 0.25) is 0 Å². The molecule has 2 heterocycles. The van der Waals surface area contributed by atoms with Crippen molar-refractivity contribution in [2.75, 3.05) is 26.7 Å². The summed E-state index contributed by atoms with van der Waals surface area (Å²) < 4.78 is 5.05. The summed E-state index contributed by atoms with van der Waals surface area (Å²) in [6, 6.07) is 4.10. The molecule has 0 saturated heterocycles. The molecule has 5 heteroatoms. The molecule has 2 N–H and O–H groups in total. The summed E-state index contributed by atoms with van der Waals surface area (Å²) in [7, 11) is 1.62. The lowest BCUT2D eigenvalue weighted by Gasteiger charge is -2.15. The number of hydrogen-bond acceptors (Lipinski definition) is 5. The molecule has 0 saturated carbocycles. The summed E-state index contributed by atoms with van der Waals surface area (Å²) in [4.78, 5) is 11.0. The molecule has 0 spiro atoms. The lowest BCUT2D eigenvalue weighted by atomic mass is 10.1. The highest BCUT2D eigenvalue weighted by molar-refractivity contribution is 5.58. The highest BCUT2D eigenvalue weighted by Crippen LogP contribution is 2.22. The first-order valence-corrected chi connectivity index (χ1v) is 6.31. The Hall–Kier alpha value is -1.62. The van der Waals surface area contributed by atoms with Crippen molar-refractivity contribution >= 4 is 6.34 Å². The van der Waals surface area contributed by atoms with Crippen LogP contribution in [0.25, 0.3) is 0 Å². The number of aromatic nitrogens is 1. The largest absolute Gasteiger partial charge is 0.481 e. The first kappa shape index (κ1) is 12.8. The Balaban J connectivity index is 1.86. The molecule has 0 aliphatic carbocycles. The van der Waals surface area contributed by atoms with E-state index < -0.39 is 0 Å². The second-order valence-corrected chi connectivity index (χ2v) is 4.40. The number of nitrogens with two attached hydrogens (primary N) is 1. The molecule has 1 unspecified atom stereocenters. The van der Waals surface area contributed by atoms with Gasteiger partial charge in [-0.1, -0.05) is 0 Å². The van der Waals surface area contributed by atoms with Gasteiger partial charge in [-0.15, -0.1) is 0 Å². The van der Waals surface area contributed by atoms with Crippen molar-refractivity contribution in [3.05, 3.63) is 23.9 Å². The highest BCUT2D eigenvalue weighted by Gasteiger charge is 2.18. The van der Waals surface area contributed by atoms with E-state index in [1.165, 1.54) is 0 Å². The van der Waals surface area contributed by atoms with E-state index in [1.807, 2.05) is 24.7 Å². The molecule has 0 amide bonds. The molecular formula is C13H20N4O. The normalized spacial score (nSPS) is 18.3. The maximum absolute atomic E-state index is 5.49. The second kappa shape index (κ2) is 6.35. The Bertz CT molecular complexity index is 390. The Morgan fingerprint density at radius 2 is 2.33 bits per heavy atom. The van der Waals surface area contributed by atoms with E-state index in [1.54, 1.807) is 7.11 Å². The number of ether oxygens (including phenoxy) is 1. The summed E-state index contributed by atoms with van der Waals surface area (Å²) in [5.41, 5.74) is 6.62. The van der Waals surface area contributed by atoms with Gasteiger partial charge in [0.1, 0.15) is 0 Å². The Kier molecular flexibility index (Phi) is 4.52. The summed E-state index contributed by atoms with van der Waals surface area (Å²) in [5.74, 6) is 0.639. The number of nitrogens with zero attached hydrogens (tertiary/aromatic N) is 3. The SMILES string of the molecule is COc1ccc(C2CN(CCCCN)C=N2)cn1. The van der Waals surface area contributed by atoms with Crippen LogP contribution < -0.4 is 10.5 Å². The molecule has 5 nitrogen and oxygen atoms in total. The molecule has 1 aromatic heterocycles. The molecule has 1 aliphatic heterocycles. The fraction of sp³-hybridized carbons (Fsp3) is 0.538. The molecule has 2 rings (SSSR count). The highest BCUT2D eigenvalue weighted by atomic mass is 16.5. The van der Waals surface area contributed by atoms with Crippen molar-refractivity contribution in [1.29, 1.82) is 0 Å². The minimum absolute atomic E-state index is 0.196. The number of hydrogen-bond donors (Lipinski definition) is 1. The molecule has 0 radical (unpaired) electrons. The minimum atomic E-state index is 0.196. The molecular weight excluding hydrogens is 228 g/mol. The quantitative estimate of drug-likeness (QED) is 0.769. The first-order valence-electron chi connectivity index (χ1n) is 6.31. The zero-order valence-electron chi connectivity index (χ0n) is 10.7. The average molecular weight is 248 g/mol. The average Bonchev–Trinajstić information content (AvgIpc) is 2.88. The van der Waals surface area contributed by atoms with Gasteiger partial charge in [-0.25, -0.2) is 4.98 Å². The van der Waals surface area contributed by atoms with Gasteiger partial charge in [0.15, 0.2) is 0 Å². The summed E-state index contributed by atoms with van der Waals surface area (Å²) in [5, 5.41) is 0. The maximum Gasteiger partial charge on any atom is 0.212 e. The van der Waals surface area contributed by atoms with Crippen LogP contribution in [0.5, 0.6) is 5.88 Å². The van der Waals surface area contributed by atoms with Crippen LogP contribution in [0.15, 0.2) is 23.3 Å². The van der Waals surface area contributed by atoms with Crippen LogP contribution in [-0.4, -0.2) is 43.0 Å². The van der Waals surface area contributed by atoms with Crippen LogP contribution in [0, 0.1) is 0 Å². The van der Waals surface area contributed by atoms with E-state index in [0.717, 1.165) is 38.0 Å². The summed E-state index contributed by atoms with van der Waals surface area (Å²) in [6.45, 7) is 2.72. The van der Waals surface area contributed by atoms with Crippen LogP contribution in [-0.2, 0) is 0 Å². The molecule has 1 aliphatic rings. The van der Waals surface area contributed by atoms with Crippen LogP contribution in [0.1, 0.15) is 24.4 Å². The van der Waals surface area contributed by atoms with Crippen molar-refractivity contribution in [3.63, 3.8) is 0 Å². The molecule has 0 fully saturated rings. The molecule has 0 aromatic carbocycles. The third kappa shape index (κ3) is 3.20. The predicted molar refractivity (Wildman–Crippen MR) is 71.9 cm³/mol. The Morgan fingerprint density at radius 3 is 3.00 bits per heavy atom. The van der Waals surface area contributed by atoms with E-state index in [4.69, 9.17) is 10.5 Å². The van der Waals surface area contributed by atoms with E-state index in [9.17, 15) is 0 Å². The third-order valence-electron chi connectivity index (χ3n) is 3.07. The smallest absolute Gasteiger partial charge is 0.212 e. The molecule has 1 atom stereocenters. The van der Waals surface area contributed by atoms with Gasteiger partial charge < -0.3 is 15.4 Å². The van der Waals surface area contributed by atoms with E-state index >= 15 is 0 Å². The van der Waals surface area contributed by atoms with Gasteiger partial charge in [-0.05, 0) is 31.0 Å². The van der Waals surface area contributed by atoms with E-state index in [0.29, 0.717) is 5.88 Å². The zero-order chi connectivity index (χ0) is 12.8. The second-order valence-electron chi connectivity index (χ2n) is 4.40. The van der Waals surface area contributed by atoms with Crippen molar-refractivity contribution < 1.29 is 4.74 Å². The van der Waals surface area contributed by atoms with Gasteiger partial charge in [-0.3, -0.25) is 4.99 Å². The van der Waals surface area contributed by atoms with E-state index in [-0.39, 0.29) is 6.04 Å². The molecule has 18 heavy (non-hydrogen) atoms. The zero-order valence-corrected chi connectivity index (χ0v) is 10.7. The van der Waals surface area contributed by atoms with E-state index in [2.05, 4.69) is 14.9 Å². The van der Waals surface area contributed by atoms with Crippen molar-refractivity contribution in [2.24, 2.45) is 10.7 Å². The Morgan fingerprint density at radius 1 is 1.44 bits per heavy atom. The van der Waals surface area contributed by atoms with Crippen LogP contribution in [0.4, 0.5) is 0 Å². The van der Waals surface area contributed by atoms with Gasteiger partial charge >= 0.3 is 0 Å². The fourth-order valence-corrected chi connectivity index (χ4v) is 2.00. The molecule has 0 bridgehead atoms. The summed E-state index contributed by atoms with van der Waals surface area (Å²) >= 11 is 0. The van der Waals surface area contributed by atoms with Gasteiger partial charge in [0.25, 0.3) is 0 Å². The number of rotatable bonds is 6. The topological polar surface area (TPSA) is 63.7 Å². The number of pyridine rings is 1. The van der Waals surface area contributed by atoms with Gasteiger partial charge in [-0.2, -0.15) is 0 Å². The van der Waals surface area contributed by atoms with Gasteiger partial charge in [0.05, 0.1) is 19.5 Å². The number of aliphatic imine (C=N–C) groups is 1.